The van der Waals surface area contributed by atoms with E-state index in [0.717, 1.165) is 4.47 Å². The van der Waals surface area contributed by atoms with Gasteiger partial charge in [0, 0.05) is 20.7 Å². The lowest BCUT2D eigenvalue weighted by atomic mass is 9.95. The van der Waals surface area contributed by atoms with E-state index in [1.165, 1.54) is 4.90 Å². The number of aliphatic hydroxyl groups excluding tert-OH is 1. The van der Waals surface area contributed by atoms with Crippen LogP contribution in [-0.2, 0) is 9.59 Å². The van der Waals surface area contributed by atoms with Crippen LogP contribution in [0.3, 0.4) is 0 Å². The van der Waals surface area contributed by atoms with Gasteiger partial charge in [0.05, 0.1) is 11.6 Å². The first-order chi connectivity index (χ1) is 14.0. The van der Waals surface area contributed by atoms with Gasteiger partial charge in [-0.1, -0.05) is 70.0 Å². The van der Waals surface area contributed by atoms with Crippen molar-refractivity contribution in [2.45, 2.75) is 6.04 Å². The molecular formula is C23H15BrClNO3. The maximum atomic E-state index is 13.0. The van der Waals surface area contributed by atoms with E-state index >= 15 is 0 Å². The summed E-state index contributed by atoms with van der Waals surface area (Å²) in [6, 6.07) is 22.0. The first-order valence-corrected chi connectivity index (χ1v) is 10.0. The van der Waals surface area contributed by atoms with Gasteiger partial charge in [0.15, 0.2) is 0 Å². The fourth-order valence-corrected chi connectivity index (χ4v) is 3.80. The standard InChI is InChI=1S/C23H15BrClNO3/c24-16-8-6-14(7-9-16)20-19(21(27)15-4-2-1-3-5-15)22(28)23(29)26(20)18-12-10-17(25)11-13-18/h1-13,20,27H/b21-19+/t20-/m0/s1. The number of nitrogens with zero attached hydrogens (tertiary/aromatic N) is 1. The van der Waals surface area contributed by atoms with Crippen molar-refractivity contribution in [2.75, 3.05) is 4.90 Å². The van der Waals surface area contributed by atoms with Gasteiger partial charge in [0.2, 0.25) is 0 Å². The summed E-state index contributed by atoms with van der Waals surface area (Å²) in [6.07, 6.45) is 0. The zero-order chi connectivity index (χ0) is 20.5. The number of ketones is 1. The third-order valence-electron chi connectivity index (χ3n) is 4.78. The topological polar surface area (TPSA) is 57.6 Å². The Balaban J connectivity index is 1.94. The minimum Gasteiger partial charge on any atom is -0.507 e. The molecule has 1 heterocycles. The minimum absolute atomic E-state index is 0.0541. The summed E-state index contributed by atoms with van der Waals surface area (Å²) in [7, 11) is 0. The van der Waals surface area contributed by atoms with Gasteiger partial charge in [-0.25, -0.2) is 0 Å². The summed E-state index contributed by atoms with van der Waals surface area (Å²) < 4.78 is 0.868. The lowest BCUT2D eigenvalue weighted by Gasteiger charge is -2.25. The van der Waals surface area contributed by atoms with Gasteiger partial charge < -0.3 is 5.11 Å². The molecule has 6 heteroatoms. The van der Waals surface area contributed by atoms with Crippen LogP contribution in [0, 0.1) is 0 Å². The SMILES string of the molecule is O=C1C(=O)N(c2ccc(Cl)cc2)[C@@H](c2ccc(Br)cc2)/C1=C(\O)c1ccccc1. The van der Waals surface area contributed by atoms with Crippen LogP contribution in [0.15, 0.2) is 88.9 Å². The number of anilines is 1. The van der Waals surface area contributed by atoms with Crippen LogP contribution >= 0.6 is 27.5 Å². The van der Waals surface area contributed by atoms with Crippen LogP contribution in [0.25, 0.3) is 5.76 Å². The van der Waals surface area contributed by atoms with Gasteiger partial charge in [-0.3, -0.25) is 14.5 Å². The van der Waals surface area contributed by atoms with E-state index in [9.17, 15) is 14.7 Å². The molecule has 0 aliphatic carbocycles. The molecular weight excluding hydrogens is 454 g/mol. The van der Waals surface area contributed by atoms with Crippen molar-refractivity contribution in [3.63, 3.8) is 0 Å². The maximum Gasteiger partial charge on any atom is 0.300 e. The van der Waals surface area contributed by atoms with Crippen LogP contribution in [0.4, 0.5) is 5.69 Å². The van der Waals surface area contributed by atoms with Crippen LogP contribution in [0.2, 0.25) is 5.02 Å². The number of aliphatic hydroxyl groups is 1. The molecule has 4 rings (SSSR count). The van der Waals surface area contributed by atoms with Crippen LogP contribution in [0.5, 0.6) is 0 Å². The predicted octanol–water partition coefficient (Wildman–Crippen LogP) is 5.73. The van der Waals surface area contributed by atoms with Crippen molar-refractivity contribution in [3.05, 3.63) is 105 Å². The van der Waals surface area contributed by atoms with E-state index in [4.69, 9.17) is 11.6 Å². The van der Waals surface area contributed by atoms with E-state index in [1.54, 1.807) is 48.5 Å². The highest BCUT2D eigenvalue weighted by Crippen LogP contribution is 2.42. The molecule has 1 fully saturated rings. The maximum absolute atomic E-state index is 13.0. The molecule has 0 saturated carbocycles. The summed E-state index contributed by atoms with van der Waals surface area (Å²) in [6.45, 7) is 0. The van der Waals surface area contributed by atoms with Crippen molar-refractivity contribution in [1.29, 1.82) is 0 Å². The molecule has 1 aliphatic rings. The van der Waals surface area contributed by atoms with Crippen LogP contribution in [0.1, 0.15) is 17.2 Å². The molecule has 0 spiro atoms. The Morgan fingerprint density at radius 3 is 2.14 bits per heavy atom. The molecule has 3 aromatic rings. The van der Waals surface area contributed by atoms with Gasteiger partial charge in [0.1, 0.15) is 5.76 Å². The van der Waals surface area contributed by atoms with E-state index < -0.39 is 17.7 Å². The quantitative estimate of drug-likeness (QED) is 0.303. The number of Topliss-reactive ketones (excluding diaryl/α,β-unsaturated/α-hetero) is 1. The Kier molecular flexibility index (Phi) is 5.26. The number of carbonyl (C=O) groups excluding carboxylic acids is 2. The molecule has 1 amide bonds. The second-order valence-electron chi connectivity index (χ2n) is 6.56. The largest absolute Gasteiger partial charge is 0.507 e. The smallest absolute Gasteiger partial charge is 0.300 e. The number of halogens is 2. The van der Waals surface area contributed by atoms with Gasteiger partial charge in [-0.15, -0.1) is 0 Å². The van der Waals surface area contributed by atoms with Crippen LogP contribution in [-0.4, -0.2) is 16.8 Å². The third kappa shape index (κ3) is 3.59. The zero-order valence-corrected chi connectivity index (χ0v) is 17.4. The van der Waals surface area contributed by atoms with Crippen molar-refractivity contribution >= 4 is 50.7 Å². The van der Waals surface area contributed by atoms with E-state index in [0.29, 0.717) is 21.8 Å². The highest BCUT2D eigenvalue weighted by molar-refractivity contribution is 9.10. The Morgan fingerprint density at radius 2 is 1.52 bits per heavy atom. The van der Waals surface area contributed by atoms with Gasteiger partial charge in [-0.2, -0.15) is 0 Å². The normalized spacial score (nSPS) is 18.3. The van der Waals surface area contributed by atoms with Crippen LogP contribution < -0.4 is 4.90 Å². The second kappa shape index (κ2) is 7.85. The number of benzene rings is 3. The first-order valence-electron chi connectivity index (χ1n) is 8.85. The molecule has 1 aliphatic heterocycles. The second-order valence-corrected chi connectivity index (χ2v) is 7.92. The Hall–Kier alpha value is -2.89. The molecule has 144 valence electrons. The van der Waals surface area contributed by atoms with Crippen molar-refractivity contribution in [2.24, 2.45) is 0 Å². The highest BCUT2D eigenvalue weighted by Gasteiger charge is 2.46. The molecule has 0 radical (unpaired) electrons. The van der Waals surface area contributed by atoms with Gasteiger partial charge >= 0.3 is 0 Å². The highest BCUT2D eigenvalue weighted by atomic mass is 79.9. The number of amides is 1. The number of carbonyl (C=O) groups is 2. The molecule has 0 aromatic heterocycles. The number of rotatable bonds is 3. The summed E-state index contributed by atoms with van der Waals surface area (Å²) in [5.41, 5.74) is 1.76. The molecule has 0 bridgehead atoms. The molecule has 1 N–H and O–H groups in total. The summed E-state index contributed by atoms with van der Waals surface area (Å²) >= 11 is 9.39. The lowest BCUT2D eigenvalue weighted by molar-refractivity contribution is -0.132. The molecule has 3 aromatic carbocycles. The number of hydrogen-bond donors (Lipinski definition) is 1. The Bertz CT molecular complexity index is 1110. The summed E-state index contributed by atoms with van der Waals surface area (Å²) in [4.78, 5) is 27.4. The molecule has 1 saturated heterocycles. The average molecular weight is 469 g/mol. The number of hydrogen-bond acceptors (Lipinski definition) is 3. The molecule has 0 unspecified atom stereocenters. The fourth-order valence-electron chi connectivity index (χ4n) is 3.41. The predicted molar refractivity (Wildman–Crippen MR) is 117 cm³/mol. The van der Waals surface area contributed by atoms with Crippen molar-refractivity contribution in [1.82, 2.24) is 0 Å². The van der Waals surface area contributed by atoms with Crippen molar-refractivity contribution in [3.8, 4) is 0 Å². The fraction of sp³-hybridized carbons (Fsp3) is 0.0435. The zero-order valence-electron chi connectivity index (χ0n) is 15.0. The van der Waals surface area contributed by atoms with E-state index in [-0.39, 0.29) is 11.3 Å². The molecule has 29 heavy (non-hydrogen) atoms. The van der Waals surface area contributed by atoms with E-state index in [1.807, 2.05) is 30.3 Å². The monoisotopic (exact) mass is 467 g/mol. The molecule has 1 atom stereocenters. The van der Waals surface area contributed by atoms with E-state index in [2.05, 4.69) is 15.9 Å². The third-order valence-corrected chi connectivity index (χ3v) is 5.56. The summed E-state index contributed by atoms with van der Waals surface area (Å²) in [5.74, 6) is -1.62. The van der Waals surface area contributed by atoms with Gasteiger partial charge in [0.25, 0.3) is 11.7 Å². The minimum atomic E-state index is -0.760. The van der Waals surface area contributed by atoms with Crippen molar-refractivity contribution < 1.29 is 14.7 Å². The van der Waals surface area contributed by atoms with Gasteiger partial charge in [-0.05, 0) is 42.0 Å². The average Bonchev–Trinajstić information content (AvgIpc) is 3.00. The first kappa shape index (κ1) is 19.4. The summed E-state index contributed by atoms with van der Waals surface area (Å²) in [5, 5.41) is 11.5. The molecule has 4 nitrogen and oxygen atoms in total. The Morgan fingerprint density at radius 1 is 0.897 bits per heavy atom. The Labute approximate surface area is 181 Å². The lowest BCUT2D eigenvalue weighted by Crippen LogP contribution is -2.29.